The third-order valence-electron chi connectivity index (χ3n) is 4.01. The number of rotatable bonds is 6. The Morgan fingerprint density at radius 3 is 2.69 bits per heavy atom. The van der Waals surface area contributed by atoms with Crippen molar-refractivity contribution >= 4 is 18.5 Å². The molecule has 148 valence electrons. The number of nitrogens with zero attached hydrogens (tertiary/aromatic N) is 1. The Bertz CT molecular complexity index is 799. The first kappa shape index (κ1) is 21.5. The second-order valence-corrected chi connectivity index (χ2v) is 10.4. The predicted molar refractivity (Wildman–Crippen MR) is 102 cm³/mol. The zero-order valence-corrected chi connectivity index (χ0v) is 17.4. The van der Waals surface area contributed by atoms with Crippen LogP contribution >= 0.6 is 6.72 Å². The van der Waals surface area contributed by atoms with E-state index in [2.05, 4.69) is 25.8 Å². The summed E-state index contributed by atoms with van der Waals surface area (Å²) in [7, 11) is 0. The summed E-state index contributed by atoms with van der Waals surface area (Å²) in [6.45, 7) is 6.40. The Morgan fingerprint density at radius 1 is 1.46 bits per heavy atom. The maximum atomic E-state index is 12.2. The van der Waals surface area contributed by atoms with Crippen LogP contribution in [0.2, 0.25) is 0 Å². The Hall–Kier alpha value is -0.830. The van der Waals surface area contributed by atoms with Gasteiger partial charge in [-0.05, 0) is 37.5 Å². The monoisotopic (exact) mass is 406 g/mol. The SMILES string of the molecule is CCOP(O)(=S)OC1C[C@H](n2cc(C)c(=O)[nH]c2=O)O[C@@H]1CC(C)(C)C. The highest BCUT2D eigenvalue weighted by Gasteiger charge is 2.42. The van der Waals surface area contributed by atoms with Crippen LogP contribution in [-0.2, 0) is 25.6 Å². The smallest absolute Gasteiger partial charge is 0.330 e. The van der Waals surface area contributed by atoms with Gasteiger partial charge >= 0.3 is 12.4 Å². The van der Waals surface area contributed by atoms with Gasteiger partial charge in [-0.3, -0.25) is 14.3 Å². The predicted octanol–water partition coefficient (Wildman–Crippen LogP) is 2.21. The lowest BCUT2D eigenvalue weighted by Gasteiger charge is -2.28. The van der Waals surface area contributed by atoms with Gasteiger partial charge in [0, 0.05) is 18.2 Å². The average Bonchev–Trinajstić information content (AvgIpc) is 2.82. The molecule has 1 aliphatic rings. The molecule has 0 aliphatic carbocycles. The van der Waals surface area contributed by atoms with Crippen molar-refractivity contribution < 1.29 is 18.7 Å². The van der Waals surface area contributed by atoms with Crippen LogP contribution in [0.5, 0.6) is 0 Å². The Morgan fingerprint density at radius 2 is 2.12 bits per heavy atom. The molecule has 26 heavy (non-hydrogen) atoms. The van der Waals surface area contributed by atoms with E-state index in [4.69, 9.17) is 25.6 Å². The summed E-state index contributed by atoms with van der Waals surface area (Å²) in [5, 5.41) is 0. The number of hydrogen-bond donors (Lipinski definition) is 2. The molecule has 0 saturated carbocycles. The minimum Gasteiger partial charge on any atom is -0.352 e. The molecule has 0 radical (unpaired) electrons. The van der Waals surface area contributed by atoms with Gasteiger partial charge < -0.3 is 18.7 Å². The minimum atomic E-state index is -3.38. The quantitative estimate of drug-likeness (QED) is 0.698. The highest BCUT2D eigenvalue weighted by molar-refractivity contribution is 8.07. The van der Waals surface area contributed by atoms with Crippen LogP contribution in [0.4, 0.5) is 0 Å². The summed E-state index contributed by atoms with van der Waals surface area (Å²) < 4.78 is 18.2. The molecule has 4 atom stereocenters. The van der Waals surface area contributed by atoms with Crippen molar-refractivity contribution in [1.29, 1.82) is 0 Å². The van der Waals surface area contributed by atoms with Gasteiger partial charge in [0.2, 0.25) is 0 Å². The molecule has 0 spiro atoms. The van der Waals surface area contributed by atoms with Crippen LogP contribution in [0.3, 0.4) is 0 Å². The molecule has 0 bridgehead atoms. The molecule has 8 nitrogen and oxygen atoms in total. The van der Waals surface area contributed by atoms with Gasteiger partial charge in [0.05, 0.1) is 18.8 Å². The molecule has 10 heteroatoms. The molecule has 2 N–H and O–H groups in total. The lowest BCUT2D eigenvalue weighted by molar-refractivity contribution is -0.0366. The van der Waals surface area contributed by atoms with Crippen molar-refractivity contribution in [3.63, 3.8) is 0 Å². The largest absolute Gasteiger partial charge is 0.352 e. The molecule has 1 aromatic heterocycles. The van der Waals surface area contributed by atoms with E-state index in [0.717, 1.165) is 0 Å². The summed E-state index contributed by atoms with van der Waals surface area (Å²) in [5.74, 6) is 0. The first-order valence-electron chi connectivity index (χ1n) is 8.55. The van der Waals surface area contributed by atoms with E-state index in [1.807, 2.05) is 0 Å². The first-order chi connectivity index (χ1) is 11.9. The van der Waals surface area contributed by atoms with E-state index in [9.17, 15) is 14.5 Å². The van der Waals surface area contributed by atoms with Gasteiger partial charge in [0.1, 0.15) is 6.23 Å². The summed E-state index contributed by atoms with van der Waals surface area (Å²) in [4.78, 5) is 36.2. The second-order valence-electron chi connectivity index (χ2n) is 7.64. The minimum absolute atomic E-state index is 0.0589. The summed E-state index contributed by atoms with van der Waals surface area (Å²) >= 11 is 5.04. The van der Waals surface area contributed by atoms with Gasteiger partial charge in [-0.25, -0.2) is 4.79 Å². The van der Waals surface area contributed by atoms with E-state index in [0.29, 0.717) is 18.4 Å². The molecule has 2 unspecified atom stereocenters. The molecule has 2 rings (SSSR count). The first-order valence-corrected chi connectivity index (χ1v) is 11.1. The Kier molecular flexibility index (Phi) is 6.64. The van der Waals surface area contributed by atoms with Crippen LogP contribution in [0.25, 0.3) is 0 Å². The highest BCUT2D eigenvalue weighted by atomic mass is 32.5. The van der Waals surface area contributed by atoms with Gasteiger partial charge in [0.15, 0.2) is 0 Å². The Balaban J connectivity index is 2.29. The summed E-state index contributed by atoms with van der Waals surface area (Å²) in [6.07, 6.45) is 0.937. The van der Waals surface area contributed by atoms with E-state index in [-0.39, 0.29) is 18.1 Å². The van der Waals surface area contributed by atoms with Gasteiger partial charge in [-0.15, -0.1) is 0 Å². The third kappa shape index (κ3) is 5.58. The highest BCUT2D eigenvalue weighted by Crippen LogP contribution is 2.49. The topological polar surface area (TPSA) is 103 Å². The van der Waals surface area contributed by atoms with E-state index >= 15 is 0 Å². The van der Waals surface area contributed by atoms with E-state index < -0.39 is 30.3 Å². The van der Waals surface area contributed by atoms with Crippen molar-refractivity contribution in [2.45, 2.75) is 65.9 Å². The molecule has 1 fully saturated rings. The number of aromatic amines is 1. The molecule has 0 aromatic carbocycles. The number of aromatic nitrogens is 2. The maximum absolute atomic E-state index is 12.2. The molecule has 2 heterocycles. The fourth-order valence-electron chi connectivity index (χ4n) is 2.93. The van der Waals surface area contributed by atoms with Crippen molar-refractivity contribution in [3.8, 4) is 0 Å². The van der Waals surface area contributed by atoms with E-state index in [1.54, 1.807) is 13.8 Å². The van der Waals surface area contributed by atoms with Crippen LogP contribution in [0.1, 0.15) is 52.3 Å². The van der Waals surface area contributed by atoms with Crippen molar-refractivity contribution in [3.05, 3.63) is 32.6 Å². The Labute approximate surface area is 157 Å². The second kappa shape index (κ2) is 8.04. The van der Waals surface area contributed by atoms with E-state index in [1.165, 1.54) is 10.8 Å². The van der Waals surface area contributed by atoms with Crippen LogP contribution in [-0.4, -0.2) is 33.3 Å². The van der Waals surface area contributed by atoms with Crippen molar-refractivity contribution in [1.82, 2.24) is 9.55 Å². The zero-order valence-electron chi connectivity index (χ0n) is 15.7. The van der Waals surface area contributed by atoms with Gasteiger partial charge in [-0.2, -0.15) is 0 Å². The normalized spacial score (nSPS) is 26.0. The van der Waals surface area contributed by atoms with Gasteiger partial charge in [-0.1, -0.05) is 20.8 Å². The number of hydrogen-bond acceptors (Lipinski definition) is 6. The number of ether oxygens (including phenoxy) is 1. The standard InChI is InChI=1S/C16H27N2O6PS/c1-6-22-25(21,26)24-11-7-13(23-12(11)8-16(3,4)5)18-9-10(2)14(19)17-15(18)20/h9,11-13H,6-8H2,1-5H3,(H,21,26)(H,17,19,20)/t11?,12-,13-,25?/m1/s1. The maximum Gasteiger partial charge on any atom is 0.330 e. The lowest BCUT2D eigenvalue weighted by Crippen LogP contribution is -2.33. The fraction of sp³-hybridized carbons (Fsp3) is 0.750. The third-order valence-corrected chi connectivity index (χ3v) is 5.71. The van der Waals surface area contributed by atoms with Crippen LogP contribution in [0.15, 0.2) is 15.8 Å². The zero-order chi connectivity index (χ0) is 19.7. The summed E-state index contributed by atoms with van der Waals surface area (Å²) in [6, 6.07) is 0. The fourth-order valence-corrected chi connectivity index (χ4v) is 4.53. The number of aryl methyl sites for hydroxylation is 1. The number of nitrogens with one attached hydrogen (secondary N) is 1. The van der Waals surface area contributed by atoms with Crippen molar-refractivity contribution in [2.24, 2.45) is 5.41 Å². The van der Waals surface area contributed by atoms with Crippen LogP contribution < -0.4 is 11.2 Å². The van der Waals surface area contributed by atoms with Crippen molar-refractivity contribution in [2.75, 3.05) is 6.61 Å². The molecule has 1 aromatic rings. The van der Waals surface area contributed by atoms with Crippen LogP contribution in [0, 0.1) is 12.3 Å². The summed E-state index contributed by atoms with van der Waals surface area (Å²) in [5.41, 5.74) is -0.623. The lowest BCUT2D eigenvalue weighted by atomic mass is 9.87. The molecular weight excluding hydrogens is 379 g/mol. The molecule has 1 saturated heterocycles. The number of H-pyrrole nitrogens is 1. The average molecular weight is 406 g/mol. The molecular formula is C16H27N2O6PS. The van der Waals surface area contributed by atoms with Gasteiger partial charge in [0.25, 0.3) is 5.56 Å². The molecule has 0 amide bonds. The molecule has 1 aliphatic heterocycles.